The topological polar surface area (TPSA) is 108 Å². The van der Waals surface area contributed by atoms with E-state index in [2.05, 4.69) is 10.5 Å². The molecule has 0 aromatic heterocycles. The highest BCUT2D eigenvalue weighted by Crippen LogP contribution is 2.14. The van der Waals surface area contributed by atoms with Crippen LogP contribution in [0.25, 0.3) is 0 Å². The second-order valence-corrected chi connectivity index (χ2v) is 6.57. The van der Waals surface area contributed by atoms with Crippen LogP contribution in [0, 0.1) is 0 Å². The van der Waals surface area contributed by atoms with Gasteiger partial charge in [0.2, 0.25) is 10.0 Å². The molecule has 1 fully saturated rings. The monoisotopic (exact) mass is 278 g/mol. The van der Waals surface area contributed by atoms with E-state index in [1.54, 1.807) is 0 Å². The zero-order valence-electron chi connectivity index (χ0n) is 10.8. The minimum Gasteiger partial charge on any atom is -0.409 e. The fourth-order valence-corrected chi connectivity index (χ4v) is 2.99. The molecule has 1 aliphatic heterocycles. The minimum absolute atomic E-state index is 0.162. The predicted molar refractivity (Wildman–Crippen MR) is 70.1 cm³/mol. The third-order valence-electron chi connectivity index (χ3n) is 3.24. The van der Waals surface area contributed by atoms with E-state index in [-0.39, 0.29) is 17.9 Å². The lowest BCUT2D eigenvalue weighted by molar-refractivity contribution is 0.279. The van der Waals surface area contributed by atoms with Crippen molar-refractivity contribution in [1.82, 2.24) is 9.62 Å². The van der Waals surface area contributed by atoms with E-state index in [0.29, 0.717) is 13.1 Å². The van der Waals surface area contributed by atoms with Gasteiger partial charge in [0, 0.05) is 19.1 Å². The molecule has 1 heterocycles. The largest absolute Gasteiger partial charge is 0.409 e. The van der Waals surface area contributed by atoms with Crippen molar-refractivity contribution in [2.24, 2.45) is 10.9 Å². The zero-order valence-corrected chi connectivity index (χ0v) is 11.7. The number of piperidine rings is 1. The molecule has 7 nitrogen and oxygen atoms in total. The Balaban J connectivity index is 2.49. The zero-order chi connectivity index (χ0) is 13.8. The minimum atomic E-state index is -3.09. The van der Waals surface area contributed by atoms with Crippen molar-refractivity contribution in [1.29, 1.82) is 0 Å². The Morgan fingerprint density at radius 3 is 2.50 bits per heavy atom. The van der Waals surface area contributed by atoms with Gasteiger partial charge in [0.15, 0.2) is 5.84 Å². The second-order valence-electron chi connectivity index (χ2n) is 4.59. The Morgan fingerprint density at radius 2 is 2.11 bits per heavy atom. The molecule has 1 atom stereocenters. The van der Waals surface area contributed by atoms with E-state index < -0.39 is 10.0 Å². The average Bonchev–Trinajstić information content (AvgIpc) is 2.34. The van der Waals surface area contributed by atoms with Crippen molar-refractivity contribution < 1.29 is 13.6 Å². The lowest BCUT2D eigenvalue weighted by atomic mass is 10.0. The number of oxime groups is 1. The maximum absolute atomic E-state index is 11.4. The third kappa shape index (κ3) is 4.11. The number of hydrogen-bond acceptors (Lipinski definition) is 5. The van der Waals surface area contributed by atoms with Gasteiger partial charge >= 0.3 is 0 Å². The number of nitrogens with zero attached hydrogens (tertiary/aromatic N) is 2. The van der Waals surface area contributed by atoms with Gasteiger partial charge in [-0.05, 0) is 19.3 Å². The summed E-state index contributed by atoms with van der Waals surface area (Å²) in [6, 6.07) is 0.0398. The molecule has 0 saturated carbocycles. The van der Waals surface area contributed by atoms with Gasteiger partial charge in [0.25, 0.3) is 0 Å². The lowest BCUT2D eigenvalue weighted by Gasteiger charge is -2.32. The normalized spacial score (nSPS) is 22.0. The van der Waals surface area contributed by atoms with E-state index in [4.69, 9.17) is 10.9 Å². The van der Waals surface area contributed by atoms with Crippen molar-refractivity contribution in [3.05, 3.63) is 0 Å². The summed E-state index contributed by atoms with van der Waals surface area (Å²) in [7, 11) is -3.09. The van der Waals surface area contributed by atoms with Gasteiger partial charge in [-0.25, -0.2) is 12.7 Å². The maximum atomic E-state index is 11.4. The summed E-state index contributed by atoms with van der Waals surface area (Å²) in [5.74, 6) is 0.169. The smallest absolute Gasteiger partial charge is 0.211 e. The first-order chi connectivity index (χ1) is 8.38. The molecule has 0 aliphatic carbocycles. The molecule has 1 saturated heterocycles. The molecule has 1 aliphatic rings. The fraction of sp³-hybridized carbons (Fsp3) is 0.900. The van der Waals surface area contributed by atoms with Crippen LogP contribution in [0.4, 0.5) is 0 Å². The van der Waals surface area contributed by atoms with Crippen LogP contribution in [-0.2, 0) is 10.0 Å². The first-order valence-electron chi connectivity index (χ1n) is 6.07. The van der Waals surface area contributed by atoms with Crippen molar-refractivity contribution >= 4 is 15.9 Å². The van der Waals surface area contributed by atoms with Crippen LogP contribution in [0.5, 0.6) is 0 Å². The van der Waals surface area contributed by atoms with Crippen LogP contribution in [0.1, 0.15) is 26.2 Å². The quantitative estimate of drug-likeness (QED) is 0.272. The molecule has 0 aromatic carbocycles. The van der Waals surface area contributed by atoms with Crippen LogP contribution < -0.4 is 11.1 Å². The van der Waals surface area contributed by atoms with E-state index in [1.165, 1.54) is 10.6 Å². The number of rotatable bonds is 5. The van der Waals surface area contributed by atoms with Gasteiger partial charge in [-0.1, -0.05) is 12.1 Å². The summed E-state index contributed by atoms with van der Waals surface area (Å²) in [4.78, 5) is 0. The van der Waals surface area contributed by atoms with Gasteiger partial charge in [-0.15, -0.1) is 0 Å². The number of hydrogen-bond donors (Lipinski definition) is 3. The number of sulfonamides is 1. The van der Waals surface area contributed by atoms with Crippen LogP contribution in [0.2, 0.25) is 0 Å². The SMILES string of the molecule is CCC(NC1CCN(S(C)(=O)=O)CC1)C(N)=NO. The molecule has 0 spiro atoms. The summed E-state index contributed by atoms with van der Waals surface area (Å²) >= 11 is 0. The second kappa shape index (κ2) is 6.35. The van der Waals surface area contributed by atoms with Crippen LogP contribution in [-0.4, -0.2) is 55.2 Å². The summed E-state index contributed by atoms with van der Waals surface area (Å²) in [6.45, 7) is 2.98. The molecule has 4 N–H and O–H groups in total. The Hall–Kier alpha value is -0.860. The highest BCUT2D eigenvalue weighted by Gasteiger charge is 2.26. The Bertz CT molecular complexity index is 388. The summed E-state index contributed by atoms with van der Waals surface area (Å²) < 4.78 is 24.2. The Labute approximate surface area is 108 Å². The molecule has 1 rings (SSSR count). The Kier molecular flexibility index (Phi) is 5.36. The molecule has 0 amide bonds. The van der Waals surface area contributed by atoms with E-state index >= 15 is 0 Å². The first kappa shape index (κ1) is 15.2. The highest BCUT2D eigenvalue weighted by molar-refractivity contribution is 7.88. The maximum Gasteiger partial charge on any atom is 0.211 e. The molecule has 1 unspecified atom stereocenters. The number of amidine groups is 1. The van der Waals surface area contributed by atoms with Crippen molar-refractivity contribution in [3.63, 3.8) is 0 Å². The molecular weight excluding hydrogens is 256 g/mol. The molecular formula is C10H22N4O3S. The first-order valence-corrected chi connectivity index (χ1v) is 7.92. The molecule has 106 valence electrons. The highest BCUT2D eigenvalue weighted by atomic mass is 32.2. The van der Waals surface area contributed by atoms with Gasteiger partial charge in [-0.2, -0.15) is 0 Å². The number of nitrogens with one attached hydrogen (secondary N) is 1. The molecule has 0 bridgehead atoms. The number of nitrogens with two attached hydrogens (primary N) is 1. The summed E-state index contributed by atoms with van der Waals surface area (Å²) in [5.41, 5.74) is 5.57. The third-order valence-corrected chi connectivity index (χ3v) is 4.54. The van der Waals surface area contributed by atoms with Crippen LogP contribution in [0.15, 0.2) is 5.16 Å². The van der Waals surface area contributed by atoms with E-state index in [1.807, 2.05) is 6.92 Å². The van der Waals surface area contributed by atoms with Crippen molar-refractivity contribution in [2.45, 2.75) is 38.3 Å². The van der Waals surface area contributed by atoms with Crippen LogP contribution >= 0.6 is 0 Å². The lowest BCUT2D eigenvalue weighted by Crippen LogP contribution is -2.51. The fourth-order valence-electron chi connectivity index (χ4n) is 2.12. The van der Waals surface area contributed by atoms with Crippen LogP contribution in [0.3, 0.4) is 0 Å². The van der Waals surface area contributed by atoms with Crippen molar-refractivity contribution in [2.75, 3.05) is 19.3 Å². The molecule has 0 radical (unpaired) electrons. The van der Waals surface area contributed by atoms with E-state index in [9.17, 15) is 8.42 Å². The molecule has 8 heteroatoms. The van der Waals surface area contributed by atoms with Gasteiger partial charge in [0.1, 0.15) is 0 Å². The Morgan fingerprint density at radius 1 is 1.56 bits per heavy atom. The summed E-state index contributed by atoms with van der Waals surface area (Å²) in [5, 5.41) is 14.9. The standard InChI is InChI=1S/C10H22N4O3S/c1-3-9(10(11)13-15)12-8-4-6-14(7-5-8)18(2,16)17/h8-9,12,15H,3-7H2,1-2H3,(H2,11,13). The van der Waals surface area contributed by atoms with Gasteiger partial charge in [0.05, 0.1) is 12.3 Å². The molecule has 0 aromatic rings. The average molecular weight is 278 g/mol. The van der Waals surface area contributed by atoms with Gasteiger partial charge < -0.3 is 16.3 Å². The summed E-state index contributed by atoms with van der Waals surface area (Å²) in [6.07, 6.45) is 3.43. The van der Waals surface area contributed by atoms with E-state index in [0.717, 1.165) is 19.3 Å². The van der Waals surface area contributed by atoms with Crippen molar-refractivity contribution in [3.8, 4) is 0 Å². The molecule has 18 heavy (non-hydrogen) atoms. The van der Waals surface area contributed by atoms with Gasteiger partial charge in [-0.3, -0.25) is 0 Å². The predicted octanol–water partition coefficient (Wildman–Crippen LogP) is -0.475.